The van der Waals surface area contributed by atoms with Gasteiger partial charge in [-0.1, -0.05) is 5.16 Å². The van der Waals surface area contributed by atoms with Gasteiger partial charge < -0.3 is 14.6 Å². The van der Waals surface area contributed by atoms with E-state index in [1.54, 1.807) is 0 Å². The summed E-state index contributed by atoms with van der Waals surface area (Å²) in [5, 5.41) is 7.83. The number of rotatable bonds is 5. The van der Waals surface area contributed by atoms with Crippen molar-refractivity contribution in [2.75, 3.05) is 13.7 Å². The number of nitrogens with one attached hydrogen (secondary N) is 1. The maximum absolute atomic E-state index is 5.45. The van der Waals surface area contributed by atoms with Crippen molar-refractivity contribution in [1.29, 1.82) is 0 Å². The molecule has 4 heteroatoms. The Hall–Kier alpha value is -0.870. The van der Waals surface area contributed by atoms with Crippen molar-refractivity contribution >= 4 is 0 Å². The molecule has 2 aliphatic rings. The zero-order valence-electron chi connectivity index (χ0n) is 12.5. The van der Waals surface area contributed by atoms with Gasteiger partial charge in [-0.3, -0.25) is 0 Å². The topological polar surface area (TPSA) is 47.3 Å². The highest BCUT2D eigenvalue weighted by molar-refractivity contribution is 5.25. The molecule has 20 heavy (non-hydrogen) atoms. The number of aryl methyl sites for hydroxylation is 1. The van der Waals surface area contributed by atoms with Crippen molar-refractivity contribution in [3.05, 3.63) is 17.0 Å². The molecule has 1 aromatic heterocycles. The third-order valence-corrected chi connectivity index (χ3v) is 4.88. The molecule has 0 saturated heterocycles. The van der Waals surface area contributed by atoms with Crippen LogP contribution in [-0.2, 0) is 24.1 Å². The number of nitrogens with zero attached hydrogens (tertiary/aromatic N) is 1. The molecule has 1 fully saturated rings. The molecule has 0 aromatic carbocycles. The van der Waals surface area contributed by atoms with E-state index in [9.17, 15) is 0 Å². The van der Waals surface area contributed by atoms with Gasteiger partial charge in [0, 0.05) is 25.6 Å². The summed E-state index contributed by atoms with van der Waals surface area (Å²) in [6.45, 7) is 1.96. The minimum absolute atomic E-state index is 0.494. The third-order valence-electron chi connectivity index (χ3n) is 4.88. The van der Waals surface area contributed by atoms with Crippen LogP contribution >= 0.6 is 0 Å². The number of methoxy groups -OCH3 is 1. The van der Waals surface area contributed by atoms with Crippen LogP contribution in [0.4, 0.5) is 0 Å². The molecule has 1 aromatic rings. The minimum atomic E-state index is 0.494. The highest BCUT2D eigenvalue weighted by Gasteiger charge is 2.22. The largest absolute Gasteiger partial charge is 0.381 e. The van der Waals surface area contributed by atoms with Crippen LogP contribution < -0.4 is 5.32 Å². The van der Waals surface area contributed by atoms with Gasteiger partial charge in [0.2, 0.25) is 0 Å². The number of aromatic nitrogens is 1. The van der Waals surface area contributed by atoms with E-state index in [-0.39, 0.29) is 0 Å². The number of fused-ring (bicyclic) bond motifs is 1. The van der Waals surface area contributed by atoms with Gasteiger partial charge >= 0.3 is 0 Å². The standard InChI is InChI=1S/C16H26N2O2/c1-19-13-8-6-12(7-9-13)10-17-11-15-14-4-2-3-5-16(14)20-18-15/h12-13,17H,2-11H2,1H3. The summed E-state index contributed by atoms with van der Waals surface area (Å²) in [6.07, 6.45) is 10.2. The fourth-order valence-electron chi connectivity index (χ4n) is 3.55. The van der Waals surface area contributed by atoms with Gasteiger partial charge in [-0.2, -0.15) is 0 Å². The molecule has 0 unspecified atom stereocenters. The molecule has 0 aliphatic heterocycles. The monoisotopic (exact) mass is 278 g/mol. The summed E-state index contributed by atoms with van der Waals surface area (Å²) in [4.78, 5) is 0. The van der Waals surface area contributed by atoms with Crippen molar-refractivity contribution in [2.24, 2.45) is 5.92 Å². The van der Waals surface area contributed by atoms with Crippen molar-refractivity contribution < 1.29 is 9.26 Å². The highest BCUT2D eigenvalue weighted by Crippen LogP contribution is 2.26. The first-order chi connectivity index (χ1) is 9.86. The van der Waals surface area contributed by atoms with E-state index in [0.29, 0.717) is 6.10 Å². The first-order valence-corrected chi connectivity index (χ1v) is 8.06. The summed E-state index contributed by atoms with van der Waals surface area (Å²) in [5.74, 6) is 1.93. The van der Waals surface area contributed by atoms with Crippen LogP contribution in [0, 0.1) is 5.92 Å². The quantitative estimate of drug-likeness (QED) is 0.899. The fraction of sp³-hybridized carbons (Fsp3) is 0.812. The van der Waals surface area contributed by atoms with Crippen LogP contribution in [0.15, 0.2) is 4.52 Å². The molecule has 4 nitrogen and oxygen atoms in total. The molecular formula is C16H26N2O2. The Morgan fingerprint density at radius 2 is 2.00 bits per heavy atom. The van der Waals surface area contributed by atoms with E-state index in [1.165, 1.54) is 44.1 Å². The predicted molar refractivity (Wildman–Crippen MR) is 77.6 cm³/mol. The van der Waals surface area contributed by atoms with Crippen LogP contribution in [0.25, 0.3) is 0 Å². The second-order valence-electron chi connectivity index (χ2n) is 6.25. The Balaban J connectivity index is 1.43. The summed E-state index contributed by atoms with van der Waals surface area (Å²) < 4.78 is 10.9. The molecule has 0 radical (unpaired) electrons. The lowest BCUT2D eigenvalue weighted by atomic mass is 9.87. The van der Waals surface area contributed by atoms with Gasteiger partial charge in [0.15, 0.2) is 0 Å². The first kappa shape index (κ1) is 14.1. The van der Waals surface area contributed by atoms with Crippen molar-refractivity contribution in [3.8, 4) is 0 Å². The zero-order valence-corrected chi connectivity index (χ0v) is 12.5. The highest BCUT2D eigenvalue weighted by atomic mass is 16.5. The van der Waals surface area contributed by atoms with E-state index in [0.717, 1.165) is 43.3 Å². The Kier molecular flexibility index (Phi) is 4.73. The van der Waals surface area contributed by atoms with Crippen molar-refractivity contribution in [3.63, 3.8) is 0 Å². The van der Waals surface area contributed by atoms with Gasteiger partial charge in [-0.15, -0.1) is 0 Å². The normalized spacial score (nSPS) is 26.4. The summed E-state index contributed by atoms with van der Waals surface area (Å²) in [6, 6.07) is 0. The van der Waals surface area contributed by atoms with Crippen LogP contribution in [-0.4, -0.2) is 24.9 Å². The van der Waals surface area contributed by atoms with Crippen LogP contribution in [0.3, 0.4) is 0 Å². The number of hydrogen-bond acceptors (Lipinski definition) is 4. The number of ether oxygens (including phenoxy) is 1. The first-order valence-electron chi connectivity index (χ1n) is 8.06. The molecule has 0 spiro atoms. The molecule has 0 bridgehead atoms. The molecule has 1 saturated carbocycles. The molecular weight excluding hydrogens is 252 g/mol. The molecule has 1 N–H and O–H groups in total. The zero-order chi connectivity index (χ0) is 13.8. The predicted octanol–water partition coefficient (Wildman–Crippen LogP) is 2.85. The smallest absolute Gasteiger partial charge is 0.140 e. The van der Waals surface area contributed by atoms with Gasteiger partial charge in [0.25, 0.3) is 0 Å². The van der Waals surface area contributed by atoms with Crippen LogP contribution in [0.2, 0.25) is 0 Å². The Bertz CT molecular complexity index is 422. The summed E-state index contributed by atoms with van der Waals surface area (Å²) in [7, 11) is 1.83. The van der Waals surface area contributed by atoms with E-state index in [4.69, 9.17) is 9.26 Å². The maximum atomic E-state index is 5.45. The van der Waals surface area contributed by atoms with Gasteiger partial charge in [0.1, 0.15) is 11.5 Å². The van der Waals surface area contributed by atoms with Gasteiger partial charge in [0.05, 0.1) is 6.10 Å². The lowest BCUT2D eigenvalue weighted by Crippen LogP contribution is -2.28. The second-order valence-corrected chi connectivity index (χ2v) is 6.25. The fourth-order valence-corrected chi connectivity index (χ4v) is 3.55. The average Bonchev–Trinajstić information content (AvgIpc) is 2.92. The lowest BCUT2D eigenvalue weighted by molar-refractivity contribution is 0.0567. The van der Waals surface area contributed by atoms with E-state index in [2.05, 4.69) is 10.5 Å². The van der Waals surface area contributed by atoms with E-state index >= 15 is 0 Å². The van der Waals surface area contributed by atoms with Gasteiger partial charge in [-0.05, 0) is 57.4 Å². The van der Waals surface area contributed by atoms with E-state index < -0.39 is 0 Å². The minimum Gasteiger partial charge on any atom is -0.381 e. The molecule has 0 amide bonds. The second kappa shape index (κ2) is 6.72. The molecule has 3 rings (SSSR count). The van der Waals surface area contributed by atoms with Gasteiger partial charge in [-0.25, -0.2) is 0 Å². The van der Waals surface area contributed by atoms with E-state index in [1.807, 2.05) is 7.11 Å². The molecule has 0 atom stereocenters. The molecule has 112 valence electrons. The third kappa shape index (κ3) is 3.23. The maximum Gasteiger partial charge on any atom is 0.140 e. The average molecular weight is 278 g/mol. The Labute approximate surface area is 121 Å². The molecule has 2 aliphatic carbocycles. The Morgan fingerprint density at radius 3 is 2.80 bits per heavy atom. The SMILES string of the molecule is COC1CCC(CNCc2noc3c2CCCC3)CC1. The lowest BCUT2D eigenvalue weighted by Gasteiger charge is -2.27. The summed E-state index contributed by atoms with van der Waals surface area (Å²) in [5.41, 5.74) is 2.53. The summed E-state index contributed by atoms with van der Waals surface area (Å²) >= 11 is 0. The number of hydrogen-bond donors (Lipinski definition) is 1. The van der Waals surface area contributed by atoms with Crippen molar-refractivity contribution in [1.82, 2.24) is 10.5 Å². The molecule has 1 heterocycles. The Morgan fingerprint density at radius 1 is 1.20 bits per heavy atom. The van der Waals surface area contributed by atoms with Crippen LogP contribution in [0.5, 0.6) is 0 Å². The van der Waals surface area contributed by atoms with Crippen LogP contribution in [0.1, 0.15) is 55.5 Å². The van der Waals surface area contributed by atoms with Crippen molar-refractivity contribution in [2.45, 2.75) is 64.0 Å².